The third kappa shape index (κ3) is 2.96. The van der Waals surface area contributed by atoms with Gasteiger partial charge in [0.05, 0.1) is 5.60 Å². The van der Waals surface area contributed by atoms with E-state index in [0.717, 1.165) is 18.4 Å². The molecule has 0 atom stereocenters. The Hall–Kier alpha value is -0.0800. The molecule has 2 heteroatoms. The maximum atomic E-state index is 5.40. The Morgan fingerprint density at radius 2 is 1.92 bits per heavy atom. The Bertz CT molecular complexity index is 159. The summed E-state index contributed by atoms with van der Waals surface area (Å²) >= 11 is 0. The SMILES string of the molecule is COC(C)(C)CN1CC(C(C)C)C1. The van der Waals surface area contributed by atoms with Crippen LogP contribution in [0.1, 0.15) is 27.7 Å². The highest BCUT2D eigenvalue weighted by Crippen LogP contribution is 2.25. The molecule has 0 aromatic rings. The Morgan fingerprint density at radius 3 is 2.31 bits per heavy atom. The van der Waals surface area contributed by atoms with E-state index < -0.39 is 0 Å². The average Bonchev–Trinajstić information content (AvgIpc) is 1.95. The van der Waals surface area contributed by atoms with E-state index in [9.17, 15) is 0 Å². The lowest BCUT2D eigenvalue weighted by Gasteiger charge is -2.44. The number of rotatable bonds is 4. The second kappa shape index (κ2) is 3.97. The van der Waals surface area contributed by atoms with Crippen molar-refractivity contribution in [2.45, 2.75) is 33.3 Å². The zero-order chi connectivity index (χ0) is 10.1. The first kappa shape index (κ1) is 11.0. The van der Waals surface area contributed by atoms with E-state index in [4.69, 9.17) is 4.74 Å². The predicted molar refractivity (Wildman–Crippen MR) is 55.9 cm³/mol. The quantitative estimate of drug-likeness (QED) is 0.664. The van der Waals surface area contributed by atoms with Crippen LogP contribution in [-0.2, 0) is 4.74 Å². The van der Waals surface area contributed by atoms with Crippen molar-refractivity contribution in [1.29, 1.82) is 0 Å². The van der Waals surface area contributed by atoms with Crippen molar-refractivity contribution in [2.75, 3.05) is 26.7 Å². The molecule has 0 spiro atoms. The second-order valence-corrected chi connectivity index (χ2v) is 5.16. The molecule has 1 aliphatic rings. The number of ether oxygens (including phenoxy) is 1. The van der Waals surface area contributed by atoms with Gasteiger partial charge in [0, 0.05) is 26.7 Å². The van der Waals surface area contributed by atoms with Gasteiger partial charge in [0.15, 0.2) is 0 Å². The lowest BCUT2D eigenvalue weighted by molar-refractivity contribution is -0.0438. The van der Waals surface area contributed by atoms with Gasteiger partial charge in [-0.1, -0.05) is 13.8 Å². The van der Waals surface area contributed by atoms with Crippen LogP contribution in [0, 0.1) is 11.8 Å². The molecular weight excluding hydrogens is 162 g/mol. The Kier molecular flexibility index (Phi) is 3.36. The molecule has 0 unspecified atom stereocenters. The summed E-state index contributed by atoms with van der Waals surface area (Å²) in [6.07, 6.45) is 0. The minimum Gasteiger partial charge on any atom is -0.377 e. The zero-order valence-electron chi connectivity index (χ0n) is 9.63. The van der Waals surface area contributed by atoms with Crippen LogP contribution in [0.15, 0.2) is 0 Å². The largest absolute Gasteiger partial charge is 0.377 e. The zero-order valence-corrected chi connectivity index (χ0v) is 9.63. The van der Waals surface area contributed by atoms with Gasteiger partial charge in [-0.2, -0.15) is 0 Å². The van der Waals surface area contributed by atoms with Crippen molar-refractivity contribution >= 4 is 0 Å². The highest BCUT2D eigenvalue weighted by molar-refractivity contribution is 4.86. The first-order valence-electron chi connectivity index (χ1n) is 5.22. The molecule has 0 saturated carbocycles. The molecule has 0 amide bonds. The Labute approximate surface area is 82.3 Å². The maximum Gasteiger partial charge on any atom is 0.0749 e. The fourth-order valence-corrected chi connectivity index (χ4v) is 1.76. The molecule has 13 heavy (non-hydrogen) atoms. The molecule has 1 fully saturated rings. The molecule has 0 aliphatic carbocycles. The van der Waals surface area contributed by atoms with E-state index >= 15 is 0 Å². The van der Waals surface area contributed by atoms with Crippen LogP contribution >= 0.6 is 0 Å². The highest BCUT2D eigenvalue weighted by atomic mass is 16.5. The summed E-state index contributed by atoms with van der Waals surface area (Å²) in [7, 11) is 1.79. The number of methoxy groups -OCH3 is 1. The molecule has 0 radical (unpaired) electrons. The van der Waals surface area contributed by atoms with Gasteiger partial charge in [0.2, 0.25) is 0 Å². The van der Waals surface area contributed by atoms with Gasteiger partial charge >= 0.3 is 0 Å². The topological polar surface area (TPSA) is 12.5 Å². The minimum atomic E-state index is 0.0158. The third-order valence-corrected chi connectivity index (χ3v) is 3.09. The monoisotopic (exact) mass is 185 g/mol. The molecule has 1 aliphatic heterocycles. The fourth-order valence-electron chi connectivity index (χ4n) is 1.76. The number of likely N-dealkylation sites (tertiary alicyclic amines) is 1. The summed E-state index contributed by atoms with van der Waals surface area (Å²) in [5, 5.41) is 0. The molecule has 0 aromatic heterocycles. The first-order chi connectivity index (χ1) is 5.94. The van der Waals surface area contributed by atoms with Crippen LogP contribution in [-0.4, -0.2) is 37.2 Å². The van der Waals surface area contributed by atoms with E-state index in [0.29, 0.717) is 0 Å². The highest BCUT2D eigenvalue weighted by Gasteiger charge is 2.32. The van der Waals surface area contributed by atoms with Crippen molar-refractivity contribution in [2.24, 2.45) is 11.8 Å². The molecule has 1 saturated heterocycles. The van der Waals surface area contributed by atoms with E-state index in [1.165, 1.54) is 13.1 Å². The van der Waals surface area contributed by atoms with Crippen LogP contribution < -0.4 is 0 Å². The molecular formula is C11H23NO. The van der Waals surface area contributed by atoms with Crippen molar-refractivity contribution in [3.05, 3.63) is 0 Å². The molecule has 2 nitrogen and oxygen atoms in total. The van der Waals surface area contributed by atoms with Gasteiger partial charge in [-0.15, -0.1) is 0 Å². The summed E-state index contributed by atoms with van der Waals surface area (Å²) < 4.78 is 5.40. The third-order valence-electron chi connectivity index (χ3n) is 3.09. The molecule has 0 bridgehead atoms. The molecule has 0 N–H and O–H groups in total. The molecule has 1 rings (SSSR count). The predicted octanol–water partition coefficient (Wildman–Crippen LogP) is 2.00. The summed E-state index contributed by atoms with van der Waals surface area (Å²) in [4.78, 5) is 2.48. The maximum absolute atomic E-state index is 5.40. The van der Waals surface area contributed by atoms with Gasteiger partial charge in [0.1, 0.15) is 0 Å². The van der Waals surface area contributed by atoms with Crippen molar-refractivity contribution in [1.82, 2.24) is 4.90 Å². The van der Waals surface area contributed by atoms with Crippen LogP contribution in [0.25, 0.3) is 0 Å². The van der Waals surface area contributed by atoms with Gasteiger partial charge in [-0.25, -0.2) is 0 Å². The number of nitrogens with zero attached hydrogens (tertiary/aromatic N) is 1. The average molecular weight is 185 g/mol. The van der Waals surface area contributed by atoms with E-state index in [1.807, 2.05) is 0 Å². The molecule has 78 valence electrons. The van der Waals surface area contributed by atoms with Gasteiger partial charge < -0.3 is 4.74 Å². The normalized spacial score (nSPS) is 20.8. The van der Waals surface area contributed by atoms with Gasteiger partial charge in [-0.05, 0) is 25.7 Å². The Morgan fingerprint density at radius 1 is 1.38 bits per heavy atom. The summed E-state index contributed by atoms with van der Waals surface area (Å²) in [5.74, 6) is 1.74. The van der Waals surface area contributed by atoms with Crippen molar-refractivity contribution in [3.63, 3.8) is 0 Å². The van der Waals surface area contributed by atoms with E-state index in [1.54, 1.807) is 7.11 Å². The lowest BCUT2D eigenvalue weighted by atomic mass is 9.87. The number of hydrogen-bond donors (Lipinski definition) is 0. The van der Waals surface area contributed by atoms with E-state index in [-0.39, 0.29) is 5.60 Å². The Balaban J connectivity index is 2.21. The minimum absolute atomic E-state index is 0.0158. The van der Waals surface area contributed by atoms with Crippen LogP contribution in [0.5, 0.6) is 0 Å². The number of hydrogen-bond acceptors (Lipinski definition) is 2. The smallest absolute Gasteiger partial charge is 0.0749 e. The second-order valence-electron chi connectivity index (χ2n) is 5.16. The summed E-state index contributed by atoms with van der Waals surface area (Å²) in [6, 6.07) is 0. The lowest BCUT2D eigenvalue weighted by Crippen LogP contribution is -2.53. The fraction of sp³-hybridized carbons (Fsp3) is 1.00. The first-order valence-corrected chi connectivity index (χ1v) is 5.22. The molecule has 1 heterocycles. The van der Waals surface area contributed by atoms with Crippen molar-refractivity contribution < 1.29 is 4.74 Å². The summed E-state index contributed by atoms with van der Waals surface area (Å²) in [6.45, 7) is 12.5. The van der Waals surface area contributed by atoms with E-state index in [2.05, 4.69) is 32.6 Å². The van der Waals surface area contributed by atoms with Gasteiger partial charge in [-0.3, -0.25) is 4.90 Å². The summed E-state index contributed by atoms with van der Waals surface area (Å²) in [5.41, 5.74) is 0.0158. The van der Waals surface area contributed by atoms with Crippen LogP contribution in [0.2, 0.25) is 0 Å². The van der Waals surface area contributed by atoms with Crippen molar-refractivity contribution in [3.8, 4) is 0 Å². The van der Waals surface area contributed by atoms with Gasteiger partial charge in [0.25, 0.3) is 0 Å². The standard InChI is InChI=1S/C11H23NO/c1-9(2)10-6-12(7-10)8-11(3,4)13-5/h9-10H,6-8H2,1-5H3. The molecule has 0 aromatic carbocycles. The van der Waals surface area contributed by atoms with Crippen LogP contribution in [0.3, 0.4) is 0 Å². The van der Waals surface area contributed by atoms with Crippen LogP contribution in [0.4, 0.5) is 0 Å².